The van der Waals surface area contributed by atoms with Crippen molar-refractivity contribution in [2.24, 2.45) is 0 Å². The molecule has 2 N–H and O–H groups in total. The van der Waals surface area contributed by atoms with Gasteiger partial charge in [-0.05, 0) is 43.2 Å². The van der Waals surface area contributed by atoms with Gasteiger partial charge in [0.05, 0.1) is 17.9 Å². The molecule has 0 atom stereocenters. The molecule has 6 nitrogen and oxygen atoms in total. The van der Waals surface area contributed by atoms with Gasteiger partial charge < -0.3 is 10.4 Å². The molecule has 1 amide bonds. The lowest BCUT2D eigenvalue weighted by Crippen LogP contribution is -2.23. The number of rotatable bonds is 5. The van der Waals surface area contributed by atoms with E-state index in [1.807, 2.05) is 44.2 Å². The topological polar surface area (TPSA) is 80.0 Å². The normalized spacial score (nSPS) is 10.7. The minimum atomic E-state index is -0.208. The maximum Gasteiger partial charge on any atom is 0.253 e. The highest BCUT2D eigenvalue weighted by molar-refractivity contribution is 5.93. The predicted octanol–water partition coefficient (Wildman–Crippen LogP) is 2.31. The Kier molecular flexibility index (Phi) is 4.90. The summed E-state index contributed by atoms with van der Waals surface area (Å²) in [5.41, 5.74) is 4.09. The lowest BCUT2D eigenvalue weighted by atomic mass is 10.1. The van der Waals surface area contributed by atoms with Gasteiger partial charge in [0.25, 0.3) is 5.91 Å². The SMILES string of the molecule is Cc1cc(C)n(-c2ccc(C(=O)NCc3ccccc3CO)cn2)n1. The highest BCUT2D eigenvalue weighted by Crippen LogP contribution is 2.11. The summed E-state index contributed by atoms with van der Waals surface area (Å²) in [5.74, 6) is 0.466. The minimum Gasteiger partial charge on any atom is -0.392 e. The monoisotopic (exact) mass is 336 g/mol. The van der Waals surface area contributed by atoms with Crippen LogP contribution < -0.4 is 5.32 Å². The van der Waals surface area contributed by atoms with Crippen LogP contribution in [0.1, 0.15) is 32.9 Å². The third kappa shape index (κ3) is 3.75. The van der Waals surface area contributed by atoms with E-state index in [1.165, 1.54) is 0 Å². The molecule has 25 heavy (non-hydrogen) atoms. The molecule has 0 saturated heterocycles. The van der Waals surface area contributed by atoms with Gasteiger partial charge in [-0.1, -0.05) is 24.3 Å². The first kappa shape index (κ1) is 16.9. The van der Waals surface area contributed by atoms with E-state index in [2.05, 4.69) is 15.4 Å². The van der Waals surface area contributed by atoms with Crippen molar-refractivity contribution in [1.82, 2.24) is 20.1 Å². The molecule has 0 bridgehead atoms. The van der Waals surface area contributed by atoms with Crippen LogP contribution in [0.2, 0.25) is 0 Å². The van der Waals surface area contributed by atoms with Gasteiger partial charge in [-0.15, -0.1) is 0 Å². The quantitative estimate of drug-likeness (QED) is 0.749. The second kappa shape index (κ2) is 7.27. The number of carbonyl (C=O) groups is 1. The molecule has 0 saturated carbocycles. The van der Waals surface area contributed by atoms with Crippen LogP contribution in [0, 0.1) is 13.8 Å². The fourth-order valence-electron chi connectivity index (χ4n) is 2.67. The second-order valence-corrected chi connectivity index (χ2v) is 5.85. The Balaban J connectivity index is 1.70. The van der Waals surface area contributed by atoms with Crippen molar-refractivity contribution >= 4 is 5.91 Å². The highest BCUT2D eigenvalue weighted by atomic mass is 16.3. The molecule has 1 aromatic carbocycles. The largest absolute Gasteiger partial charge is 0.392 e. The number of aliphatic hydroxyl groups is 1. The van der Waals surface area contributed by atoms with E-state index in [0.29, 0.717) is 17.9 Å². The number of hydrogen-bond acceptors (Lipinski definition) is 4. The van der Waals surface area contributed by atoms with Crippen LogP contribution in [0.4, 0.5) is 0 Å². The van der Waals surface area contributed by atoms with Gasteiger partial charge >= 0.3 is 0 Å². The van der Waals surface area contributed by atoms with Crippen molar-refractivity contribution in [2.45, 2.75) is 27.0 Å². The van der Waals surface area contributed by atoms with Crippen LogP contribution in [0.25, 0.3) is 5.82 Å². The number of nitrogens with one attached hydrogen (secondary N) is 1. The maximum absolute atomic E-state index is 12.3. The zero-order valence-electron chi connectivity index (χ0n) is 14.2. The van der Waals surface area contributed by atoms with Gasteiger partial charge in [-0.2, -0.15) is 5.10 Å². The number of aryl methyl sites for hydroxylation is 2. The van der Waals surface area contributed by atoms with Gasteiger partial charge in [0.1, 0.15) is 0 Å². The number of benzene rings is 1. The summed E-state index contributed by atoms with van der Waals surface area (Å²) in [6, 6.07) is 12.9. The summed E-state index contributed by atoms with van der Waals surface area (Å²) in [7, 11) is 0. The number of aliphatic hydroxyl groups excluding tert-OH is 1. The molecule has 0 aliphatic heterocycles. The Morgan fingerprint density at radius 3 is 2.52 bits per heavy atom. The van der Waals surface area contributed by atoms with Gasteiger partial charge in [-0.3, -0.25) is 4.79 Å². The molecule has 6 heteroatoms. The zero-order valence-corrected chi connectivity index (χ0v) is 14.2. The van der Waals surface area contributed by atoms with Crippen LogP contribution in [0.5, 0.6) is 0 Å². The number of carbonyl (C=O) groups excluding carboxylic acids is 1. The highest BCUT2D eigenvalue weighted by Gasteiger charge is 2.09. The number of aromatic nitrogens is 3. The van der Waals surface area contributed by atoms with E-state index < -0.39 is 0 Å². The Bertz CT molecular complexity index is 885. The molecule has 0 aliphatic rings. The summed E-state index contributed by atoms with van der Waals surface area (Å²) in [6.07, 6.45) is 1.54. The number of hydrogen-bond donors (Lipinski definition) is 2. The molecular formula is C19H20N4O2. The van der Waals surface area contributed by atoms with Gasteiger partial charge in [0.2, 0.25) is 0 Å². The molecule has 2 aromatic heterocycles. The Morgan fingerprint density at radius 2 is 1.92 bits per heavy atom. The molecule has 0 radical (unpaired) electrons. The fraction of sp³-hybridized carbons (Fsp3) is 0.211. The van der Waals surface area contributed by atoms with Crippen LogP contribution in [-0.4, -0.2) is 25.8 Å². The average molecular weight is 336 g/mol. The first-order valence-electron chi connectivity index (χ1n) is 8.04. The standard InChI is InChI=1S/C19H20N4O2/c1-13-9-14(2)23(22-13)18-8-7-16(11-20-18)19(25)21-10-15-5-3-4-6-17(15)12-24/h3-9,11,24H,10,12H2,1-2H3,(H,21,25). The van der Waals surface area contributed by atoms with Crippen LogP contribution in [0.15, 0.2) is 48.7 Å². The van der Waals surface area contributed by atoms with E-state index in [4.69, 9.17) is 0 Å². The van der Waals surface area contributed by atoms with Gasteiger partial charge in [0.15, 0.2) is 5.82 Å². The number of nitrogens with zero attached hydrogens (tertiary/aromatic N) is 3. The third-order valence-corrected chi connectivity index (χ3v) is 3.96. The number of amides is 1. The zero-order chi connectivity index (χ0) is 17.8. The molecule has 3 rings (SSSR count). The van der Waals surface area contributed by atoms with E-state index in [1.54, 1.807) is 23.0 Å². The Hall–Kier alpha value is -2.99. The third-order valence-electron chi connectivity index (χ3n) is 3.96. The van der Waals surface area contributed by atoms with Crippen LogP contribution in [-0.2, 0) is 13.2 Å². The second-order valence-electron chi connectivity index (χ2n) is 5.85. The van der Waals surface area contributed by atoms with Crippen LogP contribution >= 0.6 is 0 Å². The van der Waals surface area contributed by atoms with E-state index in [-0.39, 0.29) is 12.5 Å². The van der Waals surface area contributed by atoms with Crippen molar-refractivity contribution < 1.29 is 9.90 Å². The van der Waals surface area contributed by atoms with Crippen molar-refractivity contribution in [2.75, 3.05) is 0 Å². The van der Waals surface area contributed by atoms with E-state index in [9.17, 15) is 9.90 Å². The smallest absolute Gasteiger partial charge is 0.253 e. The van der Waals surface area contributed by atoms with Crippen molar-refractivity contribution in [3.05, 3.63) is 76.7 Å². The maximum atomic E-state index is 12.3. The summed E-state index contributed by atoms with van der Waals surface area (Å²) in [5, 5.41) is 16.6. The Morgan fingerprint density at radius 1 is 1.16 bits per heavy atom. The van der Waals surface area contributed by atoms with Crippen molar-refractivity contribution in [1.29, 1.82) is 0 Å². The number of pyridine rings is 1. The molecule has 128 valence electrons. The summed E-state index contributed by atoms with van der Waals surface area (Å²) in [4.78, 5) is 16.6. The van der Waals surface area contributed by atoms with Gasteiger partial charge in [0, 0.05) is 18.4 Å². The van der Waals surface area contributed by atoms with Crippen molar-refractivity contribution in [3.63, 3.8) is 0 Å². The first-order chi connectivity index (χ1) is 12.1. The molecular weight excluding hydrogens is 316 g/mol. The van der Waals surface area contributed by atoms with Crippen molar-refractivity contribution in [3.8, 4) is 5.82 Å². The van der Waals surface area contributed by atoms with Gasteiger partial charge in [-0.25, -0.2) is 9.67 Å². The first-order valence-corrected chi connectivity index (χ1v) is 8.04. The Labute approximate surface area is 146 Å². The molecule has 3 aromatic rings. The molecule has 0 fully saturated rings. The fourth-order valence-corrected chi connectivity index (χ4v) is 2.67. The average Bonchev–Trinajstić information content (AvgIpc) is 2.98. The predicted molar refractivity (Wildman–Crippen MR) is 94.4 cm³/mol. The summed E-state index contributed by atoms with van der Waals surface area (Å²) >= 11 is 0. The minimum absolute atomic E-state index is 0.0507. The summed E-state index contributed by atoms with van der Waals surface area (Å²) < 4.78 is 1.74. The summed E-state index contributed by atoms with van der Waals surface area (Å²) in [6.45, 7) is 4.19. The van der Waals surface area contributed by atoms with Crippen LogP contribution in [0.3, 0.4) is 0 Å². The molecule has 0 spiro atoms. The lowest BCUT2D eigenvalue weighted by molar-refractivity contribution is 0.0950. The molecule has 0 unspecified atom stereocenters. The lowest BCUT2D eigenvalue weighted by Gasteiger charge is -2.09. The van der Waals surface area contributed by atoms with E-state index >= 15 is 0 Å². The molecule has 2 heterocycles. The van der Waals surface area contributed by atoms with E-state index in [0.717, 1.165) is 22.5 Å². The molecule has 0 aliphatic carbocycles.